The van der Waals surface area contributed by atoms with Gasteiger partial charge in [0.15, 0.2) is 0 Å². The van der Waals surface area contributed by atoms with E-state index in [9.17, 15) is 4.79 Å². The fourth-order valence-electron chi connectivity index (χ4n) is 3.86. The number of aromatic nitrogens is 1. The van der Waals surface area contributed by atoms with Gasteiger partial charge in [-0.2, -0.15) is 0 Å². The number of hydrogen-bond donors (Lipinski definition) is 1. The summed E-state index contributed by atoms with van der Waals surface area (Å²) in [5.74, 6) is 0.579. The minimum atomic E-state index is -0.324. The lowest BCUT2D eigenvalue weighted by Gasteiger charge is -2.17. The third-order valence-electron chi connectivity index (χ3n) is 5.22. The Morgan fingerprint density at radius 1 is 1.15 bits per heavy atom. The largest absolute Gasteiger partial charge is 0.490 e. The van der Waals surface area contributed by atoms with E-state index >= 15 is 0 Å². The van der Waals surface area contributed by atoms with Crippen LogP contribution in [0.4, 0.5) is 0 Å². The smallest absolute Gasteiger partial charge is 0.221 e. The lowest BCUT2D eigenvalue weighted by Crippen LogP contribution is -2.13. The van der Waals surface area contributed by atoms with Crippen LogP contribution in [0.2, 0.25) is 0 Å². The summed E-state index contributed by atoms with van der Waals surface area (Å²) < 4.78 is 6.28. The van der Waals surface area contributed by atoms with Gasteiger partial charge in [-0.05, 0) is 74.1 Å². The molecule has 1 aliphatic rings. The van der Waals surface area contributed by atoms with Crippen LogP contribution in [0.15, 0.2) is 48.5 Å². The van der Waals surface area contributed by atoms with Crippen LogP contribution < -0.4 is 10.5 Å². The molecule has 4 heteroatoms. The lowest BCUT2D eigenvalue weighted by molar-refractivity contribution is -0.117. The highest BCUT2D eigenvalue weighted by atomic mass is 16.5. The number of benzene rings is 2. The fourth-order valence-corrected chi connectivity index (χ4v) is 3.86. The number of aryl methyl sites for hydroxylation is 1. The second-order valence-electron chi connectivity index (χ2n) is 7.34. The molecule has 1 amide bonds. The van der Waals surface area contributed by atoms with E-state index < -0.39 is 0 Å². The molecule has 0 unspecified atom stereocenters. The van der Waals surface area contributed by atoms with Gasteiger partial charge < -0.3 is 10.5 Å². The Morgan fingerprint density at radius 3 is 2.70 bits per heavy atom. The van der Waals surface area contributed by atoms with Gasteiger partial charge in [0.2, 0.25) is 5.91 Å². The summed E-state index contributed by atoms with van der Waals surface area (Å²) in [4.78, 5) is 16.1. The number of rotatable bonds is 5. The topological polar surface area (TPSA) is 65.2 Å². The number of primary amides is 1. The van der Waals surface area contributed by atoms with Crippen LogP contribution in [0.5, 0.6) is 5.75 Å². The molecule has 2 aromatic carbocycles. The van der Waals surface area contributed by atoms with Crippen molar-refractivity contribution >= 4 is 16.8 Å². The highest BCUT2D eigenvalue weighted by Gasteiger charge is 2.19. The Bertz CT molecular complexity index is 991. The summed E-state index contributed by atoms with van der Waals surface area (Å²) >= 11 is 0. The molecule has 1 aliphatic carbocycles. The second kappa shape index (κ2) is 7.39. The highest BCUT2D eigenvalue weighted by Crippen LogP contribution is 2.34. The van der Waals surface area contributed by atoms with Gasteiger partial charge in [0.1, 0.15) is 5.75 Å². The molecule has 4 nitrogen and oxygen atoms in total. The molecule has 0 radical (unpaired) electrons. The predicted molar refractivity (Wildman–Crippen MR) is 108 cm³/mol. The second-order valence-corrected chi connectivity index (χ2v) is 7.34. The molecule has 3 aromatic rings. The number of fused-ring (bicyclic) bond motifs is 1. The molecule has 1 aromatic heterocycles. The van der Waals surface area contributed by atoms with Crippen LogP contribution in [0, 0.1) is 6.92 Å². The molecule has 1 fully saturated rings. The Hall–Kier alpha value is -2.88. The average Bonchev–Trinajstić information content (AvgIpc) is 3.15. The third-order valence-corrected chi connectivity index (χ3v) is 5.22. The van der Waals surface area contributed by atoms with Crippen molar-refractivity contribution in [1.29, 1.82) is 0 Å². The number of nitrogens with zero attached hydrogens (tertiary/aromatic N) is 1. The number of ether oxygens (including phenoxy) is 1. The van der Waals surface area contributed by atoms with Gasteiger partial charge in [-0.25, -0.2) is 4.98 Å². The highest BCUT2D eigenvalue weighted by molar-refractivity contribution is 5.87. The number of para-hydroxylation sites is 1. The molecular weight excluding hydrogens is 336 g/mol. The first-order chi connectivity index (χ1) is 13.1. The van der Waals surface area contributed by atoms with Crippen molar-refractivity contribution < 1.29 is 9.53 Å². The molecule has 0 spiro atoms. The van der Waals surface area contributed by atoms with E-state index in [2.05, 4.69) is 19.1 Å². The number of nitrogens with two attached hydrogens (primary N) is 1. The molecule has 0 aliphatic heterocycles. The van der Waals surface area contributed by atoms with E-state index in [1.54, 1.807) is 0 Å². The van der Waals surface area contributed by atoms with Gasteiger partial charge in [0.25, 0.3) is 0 Å². The van der Waals surface area contributed by atoms with Crippen molar-refractivity contribution in [2.24, 2.45) is 5.73 Å². The van der Waals surface area contributed by atoms with Crippen LogP contribution in [0.25, 0.3) is 22.2 Å². The molecule has 2 N–H and O–H groups in total. The minimum Gasteiger partial charge on any atom is -0.490 e. The molecule has 0 atom stereocenters. The number of hydrogen-bond acceptors (Lipinski definition) is 3. The molecule has 1 saturated carbocycles. The van der Waals surface area contributed by atoms with Gasteiger partial charge in [-0.15, -0.1) is 0 Å². The molecule has 138 valence electrons. The zero-order valence-electron chi connectivity index (χ0n) is 15.6. The maximum absolute atomic E-state index is 11.2. The summed E-state index contributed by atoms with van der Waals surface area (Å²) in [6, 6.07) is 16.1. The zero-order valence-corrected chi connectivity index (χ0v) is 15.6. The van der Waals surface area contributed by atoms with Crippen molar-refractivity contribution in [2.75, 3.05) is 0 Å². The first-order valence-electron chi connectivity index (χ1n) is 9.55. The number of pyridine rings is 1. The van der Waals surface area contributed by atoms with E-state index in [0.717, 1.165) is 51.9 Å². The molecular formula is C23H24N2O2. The average molecular weight is 360 g/mol. The lowest BCUT2D eigenvalue weighted by atomic mass is 10.0. The predicted octanol–water partition coefficient (Wildman–Crippen LogP) is 4.56. The van der Waals surface area contributed by atoms with Crippen molar-refractivity contribution in [3.63, 3.8) is 0 Å². The van der Waals surface area contributed by atoms with Crippen LogP contribution in [-0.4, -0.2) is 17.0 Å². The van der Waals surface area contributed by atoms with Crippen molar-refractivity contribution in [1.82, 2.24) is 4.98 Å². The summed E-state index contributed by atoms with van der Waals surface area (Å²) in [6.07, 6.45) is 5.29. The van der Waals surface area contributed by atoms with Crippen LogP contribution in [0.1, 0.15) is 36.8 Å². The normalized spacial score (nSPS) is 14.6. The SMILES string of the molecule is Cc1cc(-c2ccccc2OC2CCCC2)nc2ccc(CC(N)=O)cc12. The Kier molecular flexibility index (Phi) is 4.80. The standard InChI is InChI=1S/C23H24N2O2/c1-15-12-21(25-20-11-10-16(13-19(15)20)14-23(24)26)18-8-4-5-9-22(18)27-17-6-2-3-7-17/h4-5,8-13,17H,2-3,6-7,14H2,1H3,(H2,24,26). The molecule has 1 heterocycles. The van der Waals surface area contributed by atoms with Crippen molar-refractivity contribution in [2.45, 2.75) is 45.1 Å². The maximum atomic E-state index is 11.2. The first-order valence-corrected chi connectivity index (χ1v) is 9.55. The van der Waals surface area contributed by atoms with E-state index in [-0.39, 0.29) is 12.3 Å². The van der Waals surface area contributed by atoms with E-state index in [1.807, 2.05) is 36.4 Å². The third kappa shape index (κ3) is 3.80. The molecule has 4 rings (SSSR count). The number of carbonyl (C=O) groups is 1. The summed E-state index contributed by atoms with van der Waals surface area (Å²) in [5.41, 5.74) is 10.2. The first kappa shape index (κ1) is 17.5. The van der Waals surface area contributed by atoms with Gasteiger partial charge in [0, 0.05) is 10.9 Å². The van der Waals surface area contributed by atoms with Crippen molar-refractivity contribution in [3.8, 4) is 17.0 Å². The Labute approximate surface area is 159 Å². The molecule has 0 saturated heterocycles. The Morgan fingerprint density at radius 2 is 1.93 bits per heavy atom. The van der Waals surface area contributed by atoms with Crippen LogP contribution in [0.3, 0.4) is 0 Å². The number of amides is 1. The van der Waals surface area contributed by atoms with Gasteiger partial charge >= 0.3 is 0 Å². The Balaban J connectivity index is 1.73. The fraction of sp³-hybridized carbons (Fsp3) is 0.304. The summed E-state index contributed by atoms with van der Waals surface area (Å²) in [6.45, 7) is 2.07. The minimum absolute atomic E-state index is 0.245. The van der Waals surface area contributed by atoms with E-state index in [4.69, 9.17) is 15.5 Å². The summed E-state index contributed by atoms with van der Waals surface area (Å²) in [7, 11) is 0. The quantitative estimate of drug-likeness (QED) is 0.725. The maximum Gasteiger partial charge on any atom is 0.221 e. The monoisotopic (exact) mass is 360 g/mol. The summed E-state index contributed by atoms with van der Waals surface area (Å²) in [5, 5.41) is 1.05. The number of carbonyl (C=O) groups excluding carboxylic acids is 1. The van der Waals surface area contributed by atoms with Crippen LogP contribution >= 0.6 is 0 Å². The van der Waals surface area contributed by atoms with Crippen molar-refractivity contribution in [3.05, 3.63) is 59.7 Å². The van der Waals surface area contributed by atoms with E-state index in [1.165, 1.54) is 12.8 Å². The molecule has 0 bridgehead atoms. The van der Waals surface area contributed by atoms with Gasteiger partial charge in [0.05, 0.1) is 23.7 Å². The molecule has 27 heavy (non-hydrogen) atoms. The zero-order chi connectivity index (χ0) is 18.8. The van der Waals surface area contributed by atoms with E-state index in [0.29, 0.717) is 6.10 Å². The van der Waals surface area contributed by atoms with Crippen LogP contribution in [-0.2, 0) is 11.2 Å². The van der Waals surface area contributed by atoms with Gasteiger partial charge in [-0.3, -0.25) is 4.79 Å². The van der Waals surface area contributed by atoms with Gasteiger partial charge in [-0.1, -0.05) is 18.2 Å².